The Morgan fingerprint density at radius 1 is 1.43 bits per heavy atom. The monoisotopic (exact) mass is 305 g/mol. The molecule has 110 valence electrons. The molecule has 3 rings (SSSR count). The summed E-state index contributed by atoms with van der Waals surface area (Å²) in [6.07, 6.45) is 5.28. The molecule has 0 bridgehead atoms. The highest BCUT2D eigenvalue weighted by Crippen LogP contribution is 2.27. The molecule has 0 saturated carbocycles. The second-order valence-electron chi connectivity index (χ2n) is 5.26. The Kier molecular flexibility index (Phi) is 3.42. The van der Waals surface area contributed by atoms with Gasteiger partial charge in [0.05, 0.1) is 22.3 Å². The highest BCUT2D eigenvalue weighted by Gasteiger charge is 2.11. The maximum absolute atomic E-state index is 6.02. The van der Waals surface area contributed by atoms with E-state index in [1.54, 1.807) is 12.4 Å². The van der Waals surface area contributed by atoms with E-state index in [4.69, 9.17) is 17.3 Å². The van der Waals surface area contributed by atoms with Gasteiger partial charge >= 0.3 is 0 Å². The van der Waals surface area contributed by atoms with E-state index in [-0.39, 0.29) is 0 Å². The first kappa shape index (κ1) is 13.7. The molecule has 0 saturated heterocycles. The van der Waals surface area contributed by atoms with E-state index >= 15 is 0 Å². The molecule has 0 aliphatic heterocycles. The number of aromatic amines is 1. The van der Waals surface area contributed by atoms with Gasteiger partial charge in [-0.2, -0.15) is 15.1 Å². The molecule has 0 amide bonds. The van der Waals surface area contributed by atoms with Crippen LogP contribution >= 0.6 is 11.6 Å². The number of anilines is 3. The number of nitrogens with one attached hydrogen (secondary N) is 2. The maximum Gasteiger partial charge on any atom is 0.231 e. The number of nitrogens with two attached hydrogens (primary N) is 1. The van der Waals surface area contributed by atoms with Gasteiger partial charge in [0.2, 0.25) is 5.95 Å². The topological polar surface area (TPSA) is 97.4 Å². The van der Waals surface area contributed by atoms with E-state index in [0.29, 0.717) is 33.7 Å². The Hall–Kier alpha value is -2.28. The zero-order chi connectivity index (χ0) is 15.0. The van der Waals surface area contributed by atoms with E-state index in [1.807, 2.05) is 10.9 Å². The van der Waals surface area contributed by atoms with Gasteiger partial charge in [-0.05, 0) is 5.92 Å². The Morgan fingerprint density at radius 3 is 3.00 bits per heavy atom. The molecule has 0 atom stereocenters. The van der Waals surface area contributed by atoms with Gasteiger partial charge in [-0.25, -0.2) is 0 Å². The summed E-state index contributed by atoms with van der Waals surface area (Å²) in [6.45, 7) is 5.14. The summed E-state index contributed by atoms with van der Waals surface area (Å²) in [6, 6.07) is 0. The predicted octanol–water partition coefficient (Wildman–Crippen LogP) is 2.79. The Morgan fingerprint density at radius 2 is 2.24 bits per heavy atom. The quantitative estimate of drug-likeness (QED) is 0.688. The summed E-state index contributed by atoms with van der Waals surface area (Å²) >= 11 is 6.02. The smallest absolute Gasteiger partial charge is 0.231 e. The first-order valence-electron chi connectivity index (χ1n) is 6.62. The molecule has 0 aliphatic carbocycles. The van der Waals surface area contributed by atoms with Crippen molar-refractivity contribution in [2.24, 2.45) is 5.92 Å². The van der Waals surface area contributed by atoms with Crippen molar-refractivity contribution in [3.05, 3.63) is 23.6 Å². The summed E-state index contributed by atoms with van der Waals surface area (Å²) in [7, 11) is 0. The molecule has 0 spiro atoms. The second-order valence-corrected chi connectivity index (χ2v) is 5.67. The normalized spacial score (nSPS) is 11.4. The third-order valence-corrected chi connectivity index (χ3v) is 3.25. The van der Waals surface area contributed by atoms with Gasteiger partial charge in [-0.15, -0.1) is 0 Å². The van der Waals surface area contributed by atoms with Gasteiger partial charge in [0.1, 0.15) is 11.5 Å². The molecule has 8 heteroatoms. The van der Waals surface area contributed by atoms with E-state index in [1.165, 1.54) is 0 Å². The lowest BCUT2D eigenvalue weighted by molar-refractivity contribution is 0.483. The maximum atomic E-state index is 6.02. The van der Waals surface area contributed by atoms with Crippen LogP contribution in [0.15, 0.2) is 18.6 Å². The fourth-order valence-electron chi connectivity index (χ4n) is 2.11. The van der Waals surface area contributed by atoms with Crippen molar-refractivity contribution < 1.29 is 0 Å². The number of H-pyrrole nitrogens is 1. The third-order valence-electron chi connectivity index (χ3n) is 2.95. The molecule has 3 heterocycles. The third kappa shape index (κ3) is 2.78. The molecular weight excluding hydrogens is 290 g/mol. The van der Waals surface area contributed by atoms with Gasteiger partial charge in [-0.1, -0.05) is 25.4 Å². The summed E-state index contributed by atoms with van der Waals surface area (Å²) in [4.78, 5) is 11.5. The van der Waals surface area contributed by atoms with Crippen LogP contribution in [0.2, 0.25) is 5.02 Å². The van der Waals surface area contributed by atoms with Crippen molar-refractivity contribution >= 4 is 40.1 Å². The molecular formula is C13H16ClN7. The lowest BCUT2D eigenvalue weighted by Crippen LogP contribution is -2.04. The molecule has 4 N–H and O–H groups in total. The van der Waals surface area contributed by atoms with Crippen molar-refractivity contribution in [3.8, 4) is 0 Å². The van der Waals surface area contributed by atoms with Crippen LogP contribution in [-0.2, 0) is 6.54 Å². The number of fused-ring (bicyclic) bond motifs is 1. The summed E-state index contributed by atoms with van der Waals surface area (Å²) in [5, 5.41) is 8.52. The summed E-state index contributed by atoms with van der Waals surface area (Å²) in [5.74, 6) is 1.27. The predicted molar refractivity (Wildman–Crippen MR) is 83.7 cm³/mol. The summed E-state index contributed by atoms with van der Waals surface area (Å²) < 4.78 is 1.88. The largest absolute Gasteiger partial charge is 0.383 e. The lowest BCUT2D eigenvalue weighted by Gasteiger charge is -2.05. The van der Waals surface area contributed by atoms with Gasteiger partial charge in [0.15, 0.2) is 0 Å². The number of aromatic nitrogens is 5. The highest BCUT2D eigenvalue weighted by atomic mass is 35.5. The van der Waals surface area contributed by atoms with Crippen LogP contribution in [0.1, 0.15) is 13.8 Å². The van der Waals surface area contributed by atoms with Gasteiger partial charge in [0, 0.05) is 18.9 Å². The van der Waals surface area contributed by atoms with Crippen molar-refractivity contribution in [2.75, 3.05) is 11.1 Å². The van der Waals surface area contributed by atoms with Crippen LogP contribution in [-0.4, -0.2) is 24.7 Å². The fraction of sp³-hybridized carbons (Fsp3) is 0.308. The van der Waals surface area contributed by atoms with E-state index in [2.05, 4.69) is 39.2 Å². The number of nitrogen functional groups attached to an aromatic ring is 1. The minimum absolute atomic E-state index is 0.336. The average Bonchev–Trinajstić information content (AvgIpc) is 2.96. The van der Waals surface area contributed by atoms with Crippen molar-refractivity contribution in [2.45, 2.75) is 20.4 Å². The van der Waals surface area contributed by atoms with Crippen LogP contribution in [0, 0.1) is 5.92 Å². The standard InChI is InChI=1S/C13H16ClN7/c1-7(2)5-21-6-8(3-17-21)18-13-19-11(15)10-9(14)4-16-12(10)20-13/h3-4,6-7H,5H2,1-2H3,(H4,15,16,18,19,20). The lowest BCUT2D eigenvalue weighted by atomic mass is 10.2. The number of hydrogen-bond donors (Lipinski definition) is 3. The van der Waals surface area contributed by atoms with Crippen LogP contribution in [0.5, 0.6) is 0 Å². The minimum atomic E-state index is 0.336. The van der Waals surface area contributed by atoms with Crippen LogP contribution in [0.4, 0.5) is 17.5 Å². The second kappa shape index (κ2) is 5.25. The molecule has 3 aromatic heterocycles. The molecule has 0 unspecified atom stereocenters. The minimum Gasteiger partial charge on any atom is -0.383 e. The molecule has 3 aromatic rings. The molecule has 7 nitrogen and oxygen atoms in total. The number of hydrogen-bond acceptors (Lipinski definition) is 5. The van der Waals surface area contributed by atoms with Crippen LogP contribution in [0.3, 0.4) is 0 Å². The SMILES string of the molecule is CC(C)Cn1cc(Nc2nc(N)c3c(Cl)c[nH]c3n2)cn1. The van der Waals surface area contributed by atoms with Crippen molar-refractivity contribution in [1.29, 1.82) is 0 Å². The van der Waals surface area contributed by atoms with Gasteiger partial charge in [0.25, 0.3) is 0 Å². The molecule has 0 radical (unpaired) electrons. The van der Waals surface area contributed by atoms with Gasteiger partial charge < -0.3 is 16.0 Å². The Balaban J connectivity index is 1.86. The van der Waals surface area contributed by atoms with Crippen molar-refractivity contribution in [3.63, 3.8) is 0 Å². The fourth-order valence-corrected chi connectivity index (χ4v) is 2.35. The number of rotatable bonds is 4. The molecule has 21 heavy (non-hydrogen) atoms. The molecule has 0 aliphatic rings. The van der Waals surface area contributed by atoms with Crippen LogP contribution in [0.25, 0.3) is 11.0 Å². The zero-order valence-electron chi connectivity index (χ0n) is 11.8. The highest BCUT2D eigenvalue weighted by molar-refractivity contribution is 6.36. The molecule has 0 aromatic carbocycles. The first-order chi connectivity index (χ1) is 10.0. The van der Waals surface area contributed by atoms with Crippen molar-refractivity contribution in [1.82, 2.24) is 24.7 Å². The Labute approximate surface area is 126 Å². The zero-order valence-corrected chi connectivity index (χ0v) is 12.5. The number of nitrogens with zero attached hydrogens (tertiary/aromatic N) is 4. The van der Waals surface area contributed by atoms with E-state index in [0.717, 1.165) is 12.2 Å². The van der Waals surface area contributed by atoms with Gasteiger partial charge in [-0.3, -0.25) is 4.68 Å². The molecule has 0 fully saturated rings. The average molecular weight is 306 g/mol. The summed E-state index contributed by atoms with van der Waals surface area (Å²) in [5.41, 5.74) is 7.32. The van der Waals surface area contributed by atoms with E-state index < -0.39 is 0 Å². The van der Waals surface area contributed by atoms with Crippen LogP contribution < -0.4 is 11.1 Å². The first-order valence-corrected chi connectivity index (χ1v) is 7.00. The number of halogens is 1. The Bertz CT molecular complexity index is 774. The van der Waals surface area contributed by atoms with E-state index in [9.17, 15) is 0 Å².